The van der Waals surface area contributed by atoms with Crippen LogP contribution in [0.2, 0.25) is 5.02 Å². The Bertz CT molecular complexity index is 941. The van der Waals surface area contributed by atoms with Crippen LogP contribution in [-0.2, 0) is 0 Å². The molecule has 0 saturated heterocycles. The summed E-state index contributed by atoms with van der Waals surface area (Å²) >= 11 is 5.83. The van der Waals surface area contributed by atoms with Crippen molar-refractivity contribution in [3.63, 3.8) is 0 Å². The van der Waals surface area contributed by atoms with E-state index in [1.165, 1.54) is 18.3 Å². The molecular formula is C19H13ClN2O4. The molecule has 6 nitrogen and oxygen atoms in total. The molecule has 0 aliphatic heterocycles. The van der Waals surface area contributed by atoms with Crippen LogP contribution >= 0.6 is 11.6 Å². The summed E-state index contributed by atoms with van der Waals surface area (Å²) < 4.78 is 5.66. The van der Waals surface area contributed by atoms with Gasteiger partial charge < -0.3 is 15.2 Å². The number of halogens is 1. The van der Waals surface area contributed by atoms with Crippen molar-refractivity contribution in [2.45, 2.75) is 0 Å². The van der Waals surface area contributed by atoms with Gasteiger partial charge in [0.05, 0.1) is 0 Å². The third-order valence-corrected chi connectivity index (χ3v) is 3.65. The normalized spacial score (nSPS) is 10.2. The fourth-order valence-corrected chi connectivity index (χ4v) is 2.27. The number of carbonyl (C=O) groups excluding carboxylic acids is 1. The van der Waals surface area contributed by atoms with Crippen LogP contribution in [0.4, 0.5) is 5.69 Å². The second-order valence-corrected chi connectivity index (χ2v) is 5.71. The van der Waals surface area contributed by atoms with E-state index in [0.29, 0.717) is 27.8 Å². The molecule has 1 amide bonds. The van der Waals surface area contributed by atoms with Gasteiger partial charge in [-0.2, -0.15) is 0 Å². The molecule has 0 spiro atoms. The molecule has 0 bridgehead atoms. The standard InChI is InChI=1S/C19H13ClN2O4/c20-13-3-7-16(8-4-13)26-15-5-1-12(2-6-15)18(23)22-14-9-10-21-17(11-14)19(24)25/h1-11H,(H,24,25)(H,21,22,23). The van der Waals surface area contributed by atoms with E-state index in [4.69, 9.17) is 21.4 Å². The zero-order valence-electron chi connectivity index (χ0n) is 13.3. The largest absolute Gasteiger partial charge is 0.477 e. The molecule has 7 heteroatoms. The first kappa shape index (κ1) is 17.4. The number of rotatable bonds is 5. The topological polar surface area (TPSA) is 88.5 Å². The Balaban J connectivity index is 1.68. The Kier molecular flexibility index (Phi) is 5.15. The highest BCUT2D eigenvalue weighted by molar-refractivity contribution is 6.30. The number of carbonyl (C=O) groups is 2. The van der Waals surface area contributed by atoms with Crippen molar-refractivity contribution in [1.82, 2.24) is 4.98 Å². The van der Waals surface area contributed by atoms with Gasteiger partial charge in [0.2, 0.25) is 0 Å². The lowest BCUT2D eigenvalue weighted by molar-refractivity contribution is 0.0690. The molecule has 3 rings (SSSR count). The van der Waals surface area contributed by atoms with E-state index in [0.717, 1.165) is 0 Å². The Morgan fingerprint density at radius 1 is 0.962 bits per heavy atom. The van der Waals surface area contributed by atoms with E-state index in [1.807, 2.05) is 0 Å². The maximum Gasteiger partial charge on any atom is 0.354 e. The van der Waals surface area contributed by atoms with Gasteiger partial charge in [-0.25, -0.2) is 9.78 Å². The molecular weight excluding hydrogens is 356 g/mol. The summed E-state index contributed by atoms with van der Waals surface area (Å²) in [7, 11) is 0. The predicted molar refractivity (Wildman–Crippen MR) is 97.1 cm³/mol. The summed E-state index contributed by atoms with van der Waals surface area (Å²) in [6, 6.07) is 16.3. The summed E-state index contributed by atoms with van der Waals surface area (Å²) in [6.07, 6.45) is 1.32. The van der Waals surface area contributed by atoms with Crippen LogP contribution in [0.5, 0.6) is 11.5 Å². The molecule has 26 heavy (non-hydrogen) atoms. The Labute approximate surface area is 154 Å². The number of benzene rings is 2. The number of hydrogen-bond acceptors (Lipinski definition) is 4. The van der Waals surface area contributed by atoms with Gasteiger partial charge in [-0.3, -0.25) is 4.79 Å². The summed E-state index contributed by atoms with van der Waals surface area (Å²) in [5.41, 5.74) is 0.612. The van der Waals surface area contributed by atoms with Crippen LogP contribution < -0.4 is 10.1 Å². The van der Waals surface area contributed by atoms with Crippen LogP contribution in [0.1, 0.15) is 20.8 Å². The minimum Gasteiger partial charge on any atom is -0.477 e. The van der Waals surface area contributed by atoms with Gasteiger partial charge in [0, 0.05) is 22.5 Å². The molecule has 3 aromatic rings. The van der Waals surface area contributed by atoms with Crippen molar-refractivity contribution >= 4 is 29.2 Å². The second-order valence-electron chi connectivity index (χ2n) is 5.27. The molecule has 0 atom stereocenters. The first-order valence-electron chi connectivity index (χ1n) is 7.55. The highest BCUT2D eigenvalue weighted by Crippen LogP contribution is 2.23. The van der Waals surface area contributed by atoms with Gasteiger partial charge in [0.15, 0.2) is 0 Å². The molecule has 1 heterocycles. The van der Waals surface area contributed by atoms with Crippen LogP contribution in [0.3, 0.4) is 0 Å². The van der Waals surface area contributed by atoms with Crippen molar-refractivity contribution in [3.05, 3.63) is 83.1 Å². The van der Waals surface area contributed by atoms with Crippen LogP contribution in [0, 0.1) is 0 Å². The lowest BCUT2D eigenvalue weighted by atomic mass is 10.2. The molecule has 1 aromatic heterocycles. The number of carboxylic acids is 1. The van der Waals surface area contributed by atoms with Gasteiger partial charge in [-0.05, 0) is 60.7 Å². The Morgan fingerprint density at radius 3 is 2.19 bits per heavy atom. The molecule has 2 aromatic carbocycles. The van der Waals surface area contributed by atoms with E-state index in [-0.39, 0.29) is 11.6 Å². The van der Waals surface area contributed by atoms with E-state index in [2.05, 4.69) is 10.3 Å². The number of anilines is 1. The lowest BCUT2D eigenvalue weighted by Crippen LogP contribution is -2.12. The number of ether oxygens (including phenoxy) is 1. The first-order valence-corrected chi connectivity index (χ1v) is 7.93. The monoisotopic (exact) mass is 368 g/mol. The molecule has 0 unspecified atom stereocenters. The lowest BCUT2D eigenvalue weighted by Gasteiger charge is -2.08. The third kappa shape index (κ3) is 4.37. The van der Waals surface area contributed by atoms with E-state index >= 15 is 0 Å². The van der Waals surface area contributed by atoms with E-state index < -0.39 is 5.97 Å². The number of aromatic carboxylic acids is 1. The average molecular weight is 369 g/mol. The zero-order chi connectivity index (χ0) is 18.5. The number of hydrogen-bond donors (Lipinski definition) is 2. The predicted octanol–water partition coefficient (Wildman–Crippen LogP) is 4.48. The molecule has 130 valence electrons. The minimum atomic E-state index is -1.16. The number of amides is 1. The number of aromatic nitrogens is 1. The summed E-state index contributed by atoms with van der Waals surface area (Å²) in [5.74, 6) is -0.332. The van der Waals surface area contributed by atoms with Crippen LogP contribution in [0.15, 0.2) is 66.9 Å². The SMILES string of the molecule is O=C(Nc1ccnc(C(=O)O)c1)c1ccc(Oc2ccc(Cl)cc2)cc1. The maximum atomic E-state index is 12.3. The summed E-state index contributed by atoms with van der Waals surface area (Å²) in [6.45, 7) is 0. The van der Waals surface area contributed by atoms with Crippen LogP contribution in [0.25, 0.3) is 0 Å². The number of nitrogens with zero attached hydrogens (tertiary/aromatic N) is 1. The van der Waals surface area contributed by atoms with Crippen molar-refractivity contribution in [2.75, 3.05) is 5.32 Å². The number of carboxylic acid groups (broad SMARTS) is 1. The molecule has 0 aliphatic rings. The average Bonchev–Trinajstić information content (AvgIpc) is 2.64. The van der Waals surface area contributed by atoms with Gasteiger partial charge in [0.1, 0.15) is 17.2 Å². The molecule has 0 fully saturated rings. The van der Waals surface area contributed by atoms with Gasteiger partial charge in [-0.1, -0.05) is 11.6 Å². The fraction of sp³-hybridized carbons (Fsp3) is 0. The second kappa shape index (κ2) is 7.67. The van der Waals surface area contributed by atoms with Crippen molar-refractivity contribution in [1.29, 1.82) is 0 Å². The van der Waals surface area contributed by atoms with Crippen molar-refractivity contribution in [3.8, 4) is 11.5 Å². The smallest absolute Gasteiger partial charge is 0.354 e. The highest BCUT2D eigenvalue weighted by Gasteiger charge is 2.09. The van der Waals surface area contributed by atoms with Crippen molar-refractivity contribution in [2.24, 2.45) is 0 Å². The first-order chi connectivity index (χ1) is 12.5. The summed E-state index contributed by atoms with van der Waals surface area (Å²) in [5, 5.41) is 12.2. The molecule has 2 N–H and O–H groups in total. The quantitative estimate of drug-likeness (QED) is 0.693. The van der Waals surface area contributed by atoms with E-state index in [9.17, 15) is 9.59 Å². The van der Waals surface area contributed by atoms with Crippen LogP contribution in [-0.4, -0.2) is 22.0 Å². The highest BCUT2D eigenvalue weighted by atomic mass is 35.5. The molecule has 0 saturated carbocycles. The minimum absolute atomic E-state index is 0.144. The summed E-state index contributed by atoms with van der Waals surface area (Å²) in [4.78, 5) is 26.9. The third-order valence-electron chi connectivity index (χ3n) is 3.40. The Morgan fingerprint density at radius 2 is 1.58 bits per heavy atom. The van der Waals surface area contributed by atoms with Gasteiger partial charge >= 0.3 is 5.97 Å². The Hall–Kier alpha value is -3.38. The number of nitrogens with one attached hydrogen (secondary N) is 1. The molecule has 0 aliphatic carbocycles. The van der Waals surface area contributed by atoms with Crippen molar-refractivity contribution < 1.29 is 19.4 Å². The van der Waals surface area contributed by atoms with Gasteiger partial charge in [0.25, 0.3) is 5.91 Å². The van der Waals surface area contributed by atoms with E-state index in [1.54, 1.807) is 48.5 Å². The molecule has 0 radical (unpaired) electrons. The maximum absolute atomic E-state index is 12.3. The fourth-order valence-electron chi connectivity index (χ4n) is 2.14. The number of pyridine rings is 1. The zero-order valence-corrected chi connectivity index (χ0v) is 14.1. The van der Waals surface area contributed by atoms with Gasteiger partial charge in [-0.15, -0.1) is 0 Å².